The summed E-state index contributed by atoms with van der Waals surface area (Å²) in [5.74, 6) is 1.78. The summed E-state index contributed by atoms with van der Waals surface area (Å²) < 4.78 is 62.8. The van der Waals surface area contributed by atoms with Crippen LogP contribution < -0.4 is 50.8 Å². The number of pyridine rings is 2. The smallest absolute Gasteiger partial charge is 0.481 e. The predicted octanol–water partition coefficient (Wildman–Crippen LogP) is 11.7. The molecule has 0 atom stereocenters. The van der Waals surface area contributed by atoms with E-state index in [0.29, 0.717) is 23.5 Å². The SMILES string of the molecule is COc1cc(P(c2ccccc2)c2ccccc2)c(-c2c(P(c3ccccc3)c3ccccc3)cc(OC)nc2OC)c(OC)n1.F[B-](F)(F)F.[CH]1[CH]CC[CH][CH]CC1.[CH]1[CH]CC[CH][CH]CC1.[Rh]. The first-order chi connectivity index (χ1) is 32.7. The molecule has 2 aliphatic rings. The van der Waals surface area contributed by atoms with Gasteiger partial charge in [-0.15, -0.1) is 0 Å². The first kappa shape index (κ1) is 56.2. The van der Waals surface area contributed by atoms with Crippen molar-refractivity contribution in [2.45, 2.75) is 51.4 Å². The molecule has 68 heavy (non-hydrogen) atoms. The van der Waals surface area contributed by atoms with Gasteiger partial charge in [0.15, 0.2) is 0 Å². The van der Waals surface area contributed by atoms with Gasteiger partial charge in [-0.3, -0.25) is 0 Å². The molecule has 4 aromatic carbocycles. The van der Waals surface area contributed by atoms with Gasteiger partial charge in [-0.2, -0.15) is 9.97 Å². The van der Waals surface area contributed by atoms with Crippen LogP contribution in [0.4, 0.5) is 17.3 Å². The van der Waals surface area contributed by atoms with Crippen LogP contribution in [0.3, 0.4) is 0 Å². The molecule has 0 bridgehead atoms. The molecule has 8 rings (SSSR count). The average molecular weight is 1050 g/mol. The molecule has 2 fully saturated rings. The van der Waals surface area contributed by atoms with Crippen molar-refractivity contribution in [1.82, 2.24) is 9.97 Å². The van der Waals surface area contributed by atoms with Crippen molar-refractivity contribution in [1.29, 1.82) is 0 Å². The van der Waals surface area contributed by atoms with E-state index in [-0.39, 0.29) is 19.5 Å². The second-order valence-corrected chi connectivity index (χ2v) is 19.2. The van der Waals surface area contributed by atoms with Crippen LogP contribution >= 0.6 is 15.8 Å². The van der Waals surface area contributed by atoms with E-state index in [1.54, 1.807) is 28.4 Å². The van der Waals surface area contributed by atoms with E-state index in [2.05, 4.69) is 148 Å². The Labute approximate surface area is 417 Å². The maximum atomic E-state index is 9.75. The zero-order chi connectivity index (χ0) is 47.7. The topological polar surface area (TPSA) is 62.7 Å². The number of hydrogen-bond donors (Lipinski definition) is 0. The van der Waals surface area contributed by atoms with Crippen molar-refractivity contribution < 1.29 is 55.7 Å². The van der Waals surface area contributed by atoms with E-state index in [4.69, 9.17) is 28.9 Å². The summed E-state index contributed by atoms with van der Waals surface area (Å²) in [4.78, 5) is 9.68. The van der Waals surface area contributed by atoms with Crippen LogP contribution in [-0.4, -0.2) is 45.7 Å². The third-order valence-electron chi connectivity index (χ3n) is 10.1. The quantitative estimate of drug-likeness (QED) is 0.0732. The summed E-state index contributed by atoms with van der Waals surface area (Å²) in [7, 11) is -1.68. The molecular formula is C54H58BF4N2O4P2Rh-. The van der Waals surface area contributed by atoms with E-state index in [1.807, 2.05) is 36.4 Å². The van der Waals surface area contributed by atoms with Crippen LogP contribution in [-0.2, 0) is 19.5 Å². The van der Waals surface area contributed by atoms with Crippen LogP contribution in [0, 0.1) is 51.4 Å². The molecule has 0 saturated heterocycles. The maximum Gasteiger partial charge on any atom is 0.673 e. The van der Waals surface area contributed by atoms with Crippen LogP contribution in [0.25, 0.3) is 11.1 Å². The predicted molar refractivity (Wildman–Crippen MR) is 273 cm³/mol. The number of benzene rings is 4. The molecule has 2 aliphatic carbocycles. The number of nitrogens with zero attached hydrogens (tertiary/aromatic N) is 2. The summed E-state index contributed by atoms with van der Waals surface area (Å²) in [6.07, 6.45) is 28.0. The second-order valence-electron chi connectivity index (χ2n) is 14.8. The van der Waals surface area contributed by atoms with Crippen LogP contribution in [0.2, 0.25) is 0 Å². The Morgan fingerprint density at radius 1 is 0.382 bits per heavy atom. The standard InChI is InChI=1S/C38H34N2O4P2.2C8H12.BF4.Rh/c1-41-33-25-31(45(27-17-9-5-10-18-27)28-19-11-6-12-20-28)35(37(39-33)43-3)36-32(26-34(42-2)40-38(36)44-4)46(29-21-13-7-14-22-29)30-23-15-8-16-24-30;2*1-2-4-6-8-7-5-3-1;2-1(3,4)5;/h5-26H,1-4H3;2*1-2,7-8H,3-6H2;;/q;;;-1;. The number of hydrogen-bond acceptors (Lipinski definition) is 6. The van der Waals surface area contributed by atoms with E-state index >= 15 is 0 Å². The molecule has 0 spiro atoms. The molecule has 14 heteroatoms. The number of ether oxygens (including phenoxy) is 4. The number of rotatable bonds is 11. The van der Waals surface area contributed by atoms with Gasteiger partial charge in [0.05, 0.1) is 39.6 Å². The third kappa shape index (κ3) is 18.2. The molecule has 6 nitrogen and oxygen atoms in total. The molecule has 359 valence electrons. The van der Waals surface area contributed by atoms with Crippen molar-refractivity contribution in [3.8, 4) is 34.6 Å². The Morgan fingerprint density at radius 2 is 0.603 bits per heavy atom. The minimum absolute atomic E-state index is 0. The fourth-order valence-corrected chi connectivity index (χ4v) is 12.1. The van der Waals surface area contributed by atoms with Crippen LogP contribution in [0.5, 0.6) is 23.5 Å². The molecule has 2 saturated carbocycles. The molecule has 0 N–H and O–H groups in total. The Kier molecular flexibility index (Phi) is 25.6. The minimum atomic E-state index is -6.00. The summed E-state index contributed by atoms with van der Waals surface area (Å²) in [6.45, 7) is 0. The van der Waals surface area contributed by atoms with Crippen LogP contribution in [0.15, 0.2) is 133 Å². The summed E-state index contributed by atoms with van der Waals surface area (Å²) >= 11 is 0. The van der Waals surface area contributed by atoms with Crippen molar-refractivity contribution in [3.63, 3.8) is 0 Å². The van der Waals surface area contributed by atoms with E-state index < -0.39 is 23.1 Å². The van der Waals surface area contributed by atoms with Crippen LogP contribution in [0.1, 0.15) is 51.4 Å². The Morgan fingerprint density at radius 3 is 0.794 bits per heavy atom. The van der Waals surface area contributed by atoms with Gasteiger partial charge in [-0.05, 0) is 140 Å². The van der Waals surface area contributed by atoms with Crippen molar-refractivity contribution in [2.75, 3.05) is 28.4 Å². The largest absolute Gasteiger partial charge is 0.673 e. The number of methoxy groups -OCH3 is 4. The fraction of sp³-hybridized carbons (Fsp3) is 0.222. The van der Waals surface area contributed by atoms with Gasteiger partial charge in [0, 0.05) is 42.2 Å². The number of aromatic nitrogens is 2. The van der Waals surface area contributed by atoms with Gasteiger partial charge in [-0.1, -0.05) is 121 Å². The van der Waals surface area contributed by atoms with Gasteiger partial charge < -0.3 is 36.2 Å². The zero-order valence-corrected chi connectivity index (χ0v) is 42.2. The summed E-state index contributed by atoms with van der Waals surface area (Å²) in [5, 5.41) is 6.73. The summed E-state index contributed by atoms with van der Waals surface area (Å²) in [5.41, 5.74) is 1.62. The Hall–Kier alpha value is -4.35. The van der Waals surface area contributed by atoms with Crippen molar-refractivity contribution in [2.24, 2.45) is 0 Å². The first-order valence-electron chi connectivity index (χ1n) is 22.2. The van der Waals surface area contributed by atoms with Gasteiger partial charge in [0.25, 0.3) is 0 Å². The zero-order valence-electron chi connectivity index (χ0n) is 38.8. The van der Waals surface area contributed by atoms with Gasteiger partial charge in [-0.25, -0.2) is 0 Å². The second kappa shape index (κ2) is 31.0. The Bertz CT molecular complexity index is 2020. The molecular weight excluding hydrogens is 992 g/mol. The van der Waals surface area contributed by atoms with Crippen molar-refractivity contribution >= 4 is 54.9 Å². The van der Waals surface area contributed by atoms with E-state index in [9.17, 15) is 17.3 Å². The maximum absolute atomic E-state index is 9.75. The molecule has 0 unspecified atom stereocenters. The Balaban J connectivity index is 0.000000376. The third-order valence-corrected chi connectivity index (χ3v) is 15.1. The number of halogens is 4. The fourth-order valence-electron chi connectivity index (χ4n) is 7.18. The van der Waals surface area contributed by atoms with Gasteiger partial charge >= 0.3 is 7.25 Å². The van der Waals surface area contributed by atoms with E-state index in [1.165, 1.54) is 72.6 Å². The summed E-state index contributed by atoms with van der Waals surface area (Å²) in [6, 6.07) is 46.2. The average Bonchev–Trinajstić information content (AvgIpc) is 3.32. The van der Waals surface area contributed by atoms with Gasteiger partial charge in [0.1, 0.15) is 0 Å². The van der Waals surface area contributed by atoms with Gasteiger partial charge in [0.2, 0.25) is 23.5 Å². The van der Waals surface area contributed by atoms with Crippen molar-refractivity contribution in [3.05, 3.63) is 185 Å². The minimum Gasteiger partial charge on any atom is -0.481 e. The molecule has 0 amide bonds. The molecule has 0 aliphatic heterocycles. The van der Waals surface area contributed by atoms with E-state index in [0.717, 1.165) is 21.7 Å². The molecule has 9 radical (unpaired) electrons. The first-order valence-corrected chi connectivity index (χ1v) is 24.9. The normalized spacial score (nSPS) is 14.0. The monoisotopic (exact) mass is 1050 g/mol. The molecule has 2 heterocycles. The molecule has 2 aromatic heterocycles. The molecule has 6 aromatic rings.